The maximum absolute atomic E-state index is 12.6. The molecule has 0 saturated carbocycles. The summed E-state index contributed by atoms with van der Waals surface area (Å²) >= 11 is 0. The highest BCUT2D eigenvalue weighted by atomic mass is 16.2. The molecule has 1 aromatic rings. The minimum Gasteiger partial charge on any atom is -0.332 e. The van der Waals surface area contributed by atoms with E-state index in [1.807, 2.05) is 36.1 Å². The maximum atomic E-state index is 12.6. The van der Waals surface area contributed by atoms with Crippen molar-refractivity contribution in [1.82, 2.24) is 10.2 Å². The number of amides is 1. The molecule has 1 N–H and O–H groups in total. The van der Waals surface area contributed by atoms with Crippen molar-refractivity contribution in [2.24, 2.45) is 0 Å². The Balaban J connectivity index is 2.22. The van der Waals surface area contributed by atoms with Gasteiger partial charge < -0.3 is 10.2 Å². The normalized spacial score (nSPS) is 19.2. The Morgan fingerprint density at radius 2 is 2.22 bits per heavy atom. The number of carbonyl (C=O) groups is 1. The van der Waals surface area contributed by atoms with E-state index in [9.17, 15) is 4.79 Å². The average molecular weight is 246 g/mol. The molecule has 1 heterocycles. The van der Waals surface area contributed by atoms with E-state index in [-0.39, 0.29) is 11.9 Å². The number of hydrogen-bond donors (Lipinski definition) is 1. The third-order valence-electron chi connectivity index (χ3n) is 3.48. The van der Waals surface area contributed by atoms with Crippen LogP contribution in [-0.2, 0) is 0 Å². The van der Waals surface area contributed by atoms with Crippen molar-refractivity contribution < 1.29 is 4.79 Å². The van der Waals surface area contributed by atoms with Crippen molar-refractivity contribution in [3.63, 3.8) is 0 Å². The summed E-state index contributed by atoms with van der Waals surface area (Å²) in [5, 5.41) is 3.33. The predicted molar refractivity (Wildman–Crippen MR) is 73.8 cm³/mol. The fourth-order valence-corrected chi connectivity index (χ4v) is 2.63. The van der Waals surface area contributed by atoms with Crippen LogP contribution in [0.2, 0.25) is 0 Å². The first-order valence-corrected chi connectivity index (χ1v) is 6.69. The predicted octanol–water partition coefficient (Wildman–Crippen LogP) is 2.21. The molecule has 18 heavy (non-hydrogen) atoms. The Morgan fingerprint density at radius 3 is 2.78 bits per heavy atom. The molecule has 0 spiro atoms. The van der Waals surface area contributed by atoms with E-state index < -0.39 is 0 Å². The van der Waals surface area contributed by atoms with Crippen LogP contribution in [0.4, 0.5) is 0 Å². The van der Waals surface area contributed by atoms with E-state index >= 15 is 0 Å². The third kappa shape index (κ3) is 2.72. The minimum atomic E-state index is 0.155. The highest BCUT2D eigenvalue weighted by Gasteiger charge is 2.29. The van der Waals surface area contributed by atoms with Crippen LogP contribution >= 0.6 is 0 Å². The number of benzene rings is 1. The molecule has 1 atom stereocenters. The zero-order valence-electron chi connectivity index (χ0n) is 11.4. The molecule has 1 aromatic carbocycles. The van der Waals surface area contributed by atoms with Gasteiger partial charge in [0, 0.05) is 24.2 Å². The Morgan fingerprint density at radius 1 is 1.44 bits per heavy atom. The molecule has 2 rings (SSSR count). The van der Waals surface area contributed by atoms with Crippen molar-refractivity contribution in [3.05, 3.63) is 35.4 Å². The summed E-state index contributed by atoms with van der Waals surface area (Å²) in [6.07, 6.45) is 1.05. The van der Waals surface area contributed by atoms with Gasteiger partial charge in [0.05, 0.1) is 0 Å². The van der Waals surface area contributed by atoms with Crippen molar-refractivity contribution in [3.8, 4) is 0 Å². The number of carbonyl (C=O) groups excluding carboxylic acids is 1. The van der Waals surface area contributed by atoms with Gasteiger partial charge in [0.2, 0.25) is 0 Å². The van der Waals surface area contributed by atoms with Crippen molar-refractivity contribution in [1.29, 1.82) is 0 Å². The zero-order chi connectivity index (χ0) is 13.1. The first-order valence-electron chi connectivity index (χ1n) is 6.69. The molecule has 0 aromatic heterocycles. The molecule has 0 bridgehead atoms. The molecular weight excluding hydrogens is 224 g/mol. The summed E-state index contributed by atoms with van der Waals surface area (Å²) in [5.74, 6) is 0.155. The van der Waals surface area contributed by atoms with Gasteiger partial charge in [0.15, 0.2) is 0 Å². The molecule has 3 heteroatoms. The third-order valence-corrected chi connectivity index (χ3v) is 3.48. The van der Waals surface area contributed by atoms with Crippen molar-refractivity contribution in [2.45, 2.75) is 39.3 Å². The smallest absolute Gasteiger partial charge is 0.254 e. The van der Waals surface area contributed by atoms with E-state index in [1.54, 1.807) is 0 Å². The lowest BCUT2D eigenvalue weighted by molar-refractivity contribution is 0.0626. The zero-order valence-corrected chi connectivity index (χ0v) is 11.4. The standard InChI is InChI=1S/C15H22N2O/c1-11(2)17(14-7-8-16-10-14)15(18)13-6-4-5-12(3)9-13/h4-6,9,11,14,16H,7-8,10H2,1-3H3. The van der Waals surface area contributed by atoms with Crippen LogP contribution in [0, 0.1) is 6.92 Å². The van der Waals surface area contributed by atoms with E-state index in [2.05, 4.69) is 19.2 Å². The minimum absolute atomic E-state index is 0.155. The molecule has 0 aliphatic carbocycles. The average Bonchev–Trinajstić information content (AvgIpc) is 2.82. The summed E-state index contributed by atoms with van der Waals surface area (Å²) in [6.45, 7) is 8.12. The molecule has 1 fully saturated rings. The summed E-state index contributed by atoms with van der Waals surface area (Å²) in [6, 6.07) is 8.43. The van der Waals surface area contributed by atoms with Gasteiger partial charge in [-0.3, -0.25) is 4.79 Å². The molecule has 1 aliphatic heterocycles. The van der Waals surface area contributed by atoms with Crippen molar-refractivity contribution in [2.75, 3.05) is 13.1 Å². The molecule has 98 valence electrons. The van der Waals surface area contributed by atoms with Gasteiger partial charge >= 0.3 is 0 Å². The quantitative estimate of drug-likeness (QED) is 0.887. The van der Waals surface area contributed by atoms with Gasteiger partial charge in [-0.2, -0.15) is 0 Å². The van der Waals surface area contributed by atoms with Crippen LogP contribution in [0.1, 0.15) is 36.2 Å². The first-order chi connectivity index (χ1) is 8.59. The number of rotatable bonds is 3. The van der Waals surface area contributed by atoms with E-state index in [1.165, 1.54) is 0 Å². The van der Waals surface area contributed by atoms with Gasteiger partial charge in [-0.05, 0) is 45.9 Å². The number of hydrogen-bond acceptors (Lipinski definition) is 2. The first kappa shape index (κ1) is 13.1. The number of aryl methyl sites for hydroxylation is 1. The van der Waals surface area contributed by atoms with E-state index in [0.717, 1.165) is 30.6 Å². The highest BCUT2D eigenvalue weighted by Crippen LogP contribution is 2.17. The number of nitrogens with one attached hydrogen (secondary N) is 1. The van der Waals surface area contributed by atoms with Crippen LogP contribution in [0.5, 0.6) is 0 Å². The lowest BCUT2D eigenvalue weighted by Gasteiger charge is -2.32. The molecule has 1 aliphatic rings. The summed E-state index contributed by atoms with van der Waals surface area (Å²) in [5.41, 5.74) is 1.93. The van der Waals surface area contributed by atoms with Gasteiger partial charge in [-0.15, -0.1) is 0 Å². The van der Waals surface area contributed by atoms with Crippen molar-refractivity contribution >= 4 is 5.91 Å². The molecule has 1 saturated heterocycles. The Labute approximate surface area is 109 Å². The van der Waals surface area contributed by atoms with E-state index in [4.69, 9.17) is 0 Å². The molecular formula is C15H22N2O. The van der Waals surface area contributed by atoms with Crippen LogP contribution < -0.4 is 5.32 Å². The Kier molecular flexibility index (Phi) is 4.02. The molecule has 1 unspecified atom stereocenters. The molecule has 3 nitrogen and oxygen atoms in total. The fraction of sp³-hybridized carbons (Fsp3) is 0.533. The lowest BCUT2D eigenvalue weighted by Crippen LogP contribution is -2.45. The summed E-state index contributed by atoms with van der Waals surface area (Å²) in [7, 11) is 0. The van der Waals surface area contributed by atoms with Crippen LogP contribution in [-0.4, -0.2) is 36.0 Å². The SMILES string of the molecule is Cc1cccc(C(=O)N(C(C)C)C2CCNC2)c1. The second kappa shape index (κ2) is 5.53. The maximum Gasteiger partial charge on any atom is 0.254 e. The van der Waals surface area contributed by atoms with Crippen LogP contribution in [0.3, 0.4) is 0 Å². The number of nitrogens with zero attached hydrogens (tertiary/aromatic N) is 1. The van der Waals surface area contributed by atoms with E-state index in [0.29, 0.717) is 6.04 Å². The largest absolute Gasteiger partial charge is 0.332 e. The van der Waals surface area contributed by atoms with Gasteiger partial charge in [0.25, 0.3) is 5.91 Å². The van der Waals surface area contributed by atoms with Gasteiger partial charge in [0.1, 0.15) is 0 Å². The lowest BCUT2D eigenvalue weighted by atomic mass is 10.1. The summed E-state index contributed by atoms with van der Waals surface area (Å²) in [4.78, 5) is 14.6. The Bertz CT molecular complexity index is 422. The topological polar surface area (TPSA) is 32.3 Å². The summed E-state index contributed by atoms with van der Waals surface area (Å²) < 4.78 is 0. The monoisotopic (exact) mass is 246 g/mol. The highest BCUT2D eigenvalue weighted by molar-refractivity contribution is 5.94. The second-order valence-corrected chi connectivity index (χ2v) is 5.32. The molecule has 1 amide bonds. The van der Waals surface area contributed by atoms with Gasteiger partial charge in [-0.1, -0.05) is 17.7 Å². The molecule has 0 radical (unpaired) electrons. The van der Waals surface area contributed by atoms with Crippen LogP contribution in [0.15, 0.2) is 24.3 Å². The second-order valence-electron chi connectivity index (χ2n) is 5.32. The van der Waals surface area contributed by atoms with Gasteiger partial charge in [-0.25, -0.2) is 0 Å². The Hall–Kier alpha value is -1.35. The van der Waals surface area contributed by atoms with Crippen LogP contribution in [0.25, 0.3) is 0 Å². The fourth-order valence-electron chi connectivity index (χ4n) is 2.63.